The Hall–Kier alpha value is -2.47. The van der Waals surface area contributed by atoms with Crippen molar-refractivity contribution in [1.29, 1.82) is 0 Å². The minimum atomic E-state index is -0.135. The van der Waals surface area contributed by atoms with Crippen molar-refractivity contribution in [1.82, 2.24) is 19.6 Å². The molecule has 2 aromatic heterocycles. The molecule has 0 aliphatic heterocycles. The van der Waals surface area contributed by atoms with Crippen molar-refractivity contribution >= 4 is 5.78 Å². The van der Waals surface area contributed by atoms with E-state index in [1.165, 1.54) is 10.8 Å². The molecule has 6 heteroatoms. The fourth-order valence-electron chi connectivity index (χ4n) is 2.49. The Morgan fingerprint density at radius 3 is 2.90 bits per heavy atom. The van der Waals surface area contributed by atoms with Gasteiger partial charge in [-0.1, -0.05) is 32.0 Å². The molecule has 0 aliphatic rings. The lowest BCUT2D eigenvalue weighted by Gasteiger charge is -2.13. The molecule has 3 rings (SSSR count). The first kappa shape index (κ1) is 13.5. The molecule has 0 radical (unpaired) electrons. The van der Waals surface area contributed by atoms with Crippen LogP contribution in [0.1, 0.15) is 30.9 Å². The first-order valence-electron chi connectivity index (χ1n) is 6.87. The standard InChI is InChI=1S/C15H17N5O/c1-9(2)12-13(11-5-3-4-10(6-11)7-16)19-15-17-8-18-20(15)14(12)21/h3-6,8-9H,7,16H2,1-2H3,(H,17,18,19). The molecule has 108 valence electrons. The summed E-state index contributed by atoms with van der Waals surface area (Å²) in [7, 11) is 0. The van der Waals surface area contributed by atoms with E-state index in [1.807, 2.05) is 38.1 Å². The summed E-state index contributed by atoms with van der Waals surface area (Å²) < 4.78 is 1.30. The normalized spacial score (nSPS) is 11.4. The Kier molecular flexibility index (Phi) is 3.31. The van der Waals surface area contributed by atoms with Gasteiger partial charge >= 0.3 is 0 Å². The quantitative estimate of drug-likeness (QED) is 0.765. The zero-order chi connectivity index (χ0) is 15.0. The number of nitrogens with two attached hydrogens (primary N) is 1. The predicted molar refractivity (Wildman–Crippen MR) is 81.0 cm³/mol. The van der Waals surface area contributed by atoms with Crippen LogP contribution in [0.15, 0.2) is 35.4 Å². The van der Waals surface area contributed by atoms with Crippen LogP contribution in [0, 0.1) is 0 Å². The zero-order valence-corrected chi connectivity index (χ0v) is 12.0. The monoisotopic (exact) mass is 283 g/mol. The van der Waals surface area contributed by atoms with Gasteiger partial charge in [-0.05, 0) is 23.1 Å². The molecule has 0 spiro atoms. The smallest absolute Gasteiger partial charge is 0.279 e. The van der Waals surface area contributed by atoms with E-state index in [4.69, 9.17) is 5.73 Å². The fraction of sp³-hybridized carbons (Fsp3) is 0.267. The summed E-state index contributed by atoms with van der Waals surface area (Å²) in [5.74, 6) is 0.511. The van der Waals surface area contributed by atoms with E-state index >= 15 is 0 Å². The summed E-state index contributed by atoms with van der Waals surface area (Å²) in [6, 6.07) is 7.85. The van der Waals surface area contributed by atoms with Crippen molar-refractivity contribution in [3.63, 3.8) is 0 Å². The van der Waals surface area contributed by atoms with Crippen molar-refractivity contribution in [2.24, 2.45) is 5.73 Å². The van der Waals surface area contributed by atoms with Crippen LogP contribution in [0.2, 0.25) is 0 Å². The fourth-order valence-corrected chi connectivity index (χ4v) is 2.49. The lowest BCUT2D eigenvalue weighted by molar-refractivity contribution is 0.797. The number of rotatable bonds is 3. The molecule has 21 heavy (non-hydrogen) atoms. The van der Waals surface area contributed by atoms with Gasteiger partial charge in [0.15, 0.2) is 0 Å². The van der Waals surface area contributed by atoms with Gasteiger partial charge in [0.05, 0.1) is 5.69 Å². The van der Waals surface area contributed by atoms with Gasteiger partial charge in [0.25, 0.3) is 5.56 Å². The molecule has 0 saturated heterocycles. The van der Waals surface area contributed by atoms with Crippen molar-refractivity contribution in [2.45, 2.75) is 26.3 Å². The maximum absolute atomic E-state index is 12.6. The number of aromatic amines is 1. The number of aromatic nitrogens is 4. The molecule has 3 N–H and O–H groups in total. The third-order valence-electron chi connectivity index (χ3n) is 3.51. The third kappa shape index (κ3) is 2.23. The molecular weight excluding hydrogens is 266 g/mol. The number of H-pyrrole nitrogens is 1. The van der Waals surface area contributed by atoms with Crippen molar-refractivity contribution in [3.8, 4) is 11.3 Å². The minimum absolute atomic E-state index is 0.0684. The van der Waals surface area contributed by atoms with Gasteiger partial charge in [0.2, 0.25) is 5.78 Å². The topological polar surface area (TPSA) is 89.1 Å². The minimum Gasteiger partial charge on any atom is -0.326 e. The molecule has 1 aromatic carbocycles. The van der Waals surface area contributed by atoms with Gasteiger partial charge in [0, 0.05) is 12.1 Å². The van der Waals surface area contributed by atoms with Crippen LogP contribution >= 0.6 is 0 Å². The Morgan fingerprint density at radius 2 is 2.19 bits per heavy atom. The van der Waals surface area contributed by atoms with Gasteiger partial charge in [-0.2, -0.15) is 14.6 Å². The second-order valence-electron chi connectivity index (χ2n) is 5.27. The summed E-state index contributed by atoms with van der Waals surface area (Å²) in [6.07, 6.45) is 1.37. The molecule has 0 amide bonds. The Bertz CT molecular complexity index is 847. The van der Waals surface area contributed by atoms with Crippen LogP contribution in [-0.2, 0) is 6.54 Å². The van der Waals surface area contributed by atoms with E-state index in [9.17, 15) is 4.79 Å². The molecule has 6 nitrogen and oxygen atoms in total. The van der Waals surface area contributed by atoms with E-state index in [2.05, 4.69) is 15.1 Å². The summed E-state index contributed by atoms with van der Waals surface area (Å²) >= 11 is 0. The summed E-state index contributed by atoms with van der Waals surface area (Å²) in [4.78, 5) is 19.9. The van der Waals surface area contributed by atoms with Crippen molar-refractivity contribution < 1.29 is 0 Å². The number of benzene rings is 1. The van der Waals surface area contributed by atoms with Crippen LogP contribution in [-0.4, -0.2) is 19.6 Å². The molecule has 0 saturated carbocycles. The summed E-state index contributed by atoms with van der Waals surface area (Å²) in [5, 5.41) is 3.97. The highest BCUT2D eigenvalue weighted by Crippen LogP contribution is 2.25. The average Bonchev–Trinajstić information content (AvgIpc) is 2.95. The third-order valence-corrected chi connectivity index (χ3v) is 3.51. The number of nitrogens with one attached hydrogen (secondary N) is 1. The highest BCUT2D eigenvalue weighted by Gasteiger charge is 2.17. The lowest BCUT2D eigenvalue weighted by Crippen LogP contribution is -2.22. The molecule has 0 aliphatic carbocycles. The van der Waals surface area contributed by atoms with E-state index in [1.54, 1.807) is 0 Å². The SMILES string of the molecule is CC(C)c1c(-c2cccc(CN)c2)[nH]c2ncnn2c1=O. The summed E-state index contributed by atoms with van der Waals surface area (Å²) in [5.41, 5.74) is 9.00. The molecule has 0 bridgehead atoms. The van der Waals surface area contributed by atoms with Crippen LogP contribution in [0.3, 0.4) is 0 Å². The van der Waals surface area contributed by atoms with E-state index < -0.39 is 0 Å². The summed E-state index contributed by atoms with van der Waals surface area (Å²) in [6.45, 7) is 4.44. The van der Waals surface area contributed by atoms with Crippen LogP contribution in [0.5, 0.6) is 0 Å². The van der Waals surface area contributed by atoms with Crippen LogP contribution in [0.4, 0.5) is 0 Å². The molecule has 3 aromatic rings. The average molecular weight is 283 g/mol. The van der Waals surface area contributed by atoms with Gasteiger partial charge < -0.3 is 10.7 Å². The first-order chi connectivity index (χ1) is 10.1. The lowest BCUT2D eigenvalue weighted by atomic mass is 9.97. The maximum atomic E-state index is 12.6. The van der Waals surface area contributed by atoms with Crippen LogP contribution in [0.25, 0.3) is 17.0 Å². The first-order valence-corrected chi connectivity index (χ1v) is 6.87. The zero-order valence-electron chi connectivity index (χ0n) is 12.0. The molecule has 2 heterocycles. The number of fused-ring (bicyclic) bond motifs is 1. The van der Waals surface area contributed by atoms with Gasteiger partial charge in [-0.25, -0.2) is 0 Å². The van der Waals surface area contributed by atoms with Crippen LogP contribution < -0.4 is 11.3 Å². The predicted octanol–water partition coefficient (Wildman–Crippen LogP) is 1.67. The van der Waals surface area contributed by atoms with E-state index in [0.29, 0.717) is 17.9 Å². The van der Waals surface area contributed by atoms with Gasteiger partial charge in [-0.15, -0.1) is 0 Å². The Balaban J connectivity index is 2.34. The van der Waals surface area contributed by atoms with E-state index in [0.717, 1.165) is 16.8 Å². The molecule has 0 fully saturated rings. The number of hydrogen-bond donors (Lipinski definition) is 2. The number of hydrogen-bond acceptors (Lipinski definition) is 4. The van der Waals surface area contributed by atoms with Crippen molar-refractivity contribution in [3.05, 3.63) is 52.1 Å². The van der Waals surface area contributed by atoms with E-state index in [-0.39, 0.29) is 11.5 Å². The molecule has 0 atom stereocenters. The maximum Gasteiger partial charge on any atom is 0.279 e. The molecular formula is C15H17N5O. The highest BCUT2D eigenvalue weighted by molar-refractivity contribution is 5.65. The van der Waals surface area contributed by atoms with Crippen molar-refractivity contribution in [2.75, 3.05) is 0 Å². The second-order valence-corrected chi connectivity index (χ2v) is 5.27. The number of nitrogens with zero attached hydrogens (tertiary/aromatic N) is 3. The second kappa shape index (κ2) is 5.14. The Labute approximate surface area is 121 Å². The highest BCUT2D eigenvalue weighted by atomic mass is 16.1. The molecule has 0 unspecified atom stereocenters. The largest absolute Gasteiger partial charge is 0.326 e. The Morgan fingerprint density at radius 1 is 1.38 bits per heavy atom. The van der Waals surface area contributed by atoms with Gasteiger partial charge in [0.1, 0.15) is 6.33 Å². The van der Waals surface area contributed by atoms with Gasteiger partial charge in [-0.3, -0.25) is 4.79 Å².